The predicted molar refractivity (Wildman–Crippen MR) is 110 cm³/mol. The van der Waals surface area contributed by atoms with E-state index in [1.807, 2.05) is 18.2 Å². The van der Waals surface area contributed by atoms with Gasteiger partial charge in [-0.3, -0.25) is 0 Å². The van der Waals surface area contributed by atoms with E-state index in [1.165, 1.54) is 32.1 Å². The third-order valence-corrected chi connectivity index (χ3v) is 4.18. The molecule has 0 amide bonds. The number of methoxy groups -OCH3 is 2. The molecule has 0 heterocycles. The first-order valence-corrected chi connectivity index (χ1v) is 8.53. The molecule has 0 atom stereocenters. The maximum Gasteiger partial charge on any atom is 0.191 e. The molecule has 2 N–H and O–H groups in total. The van der Waals surface area contributed by atoms with Gasteiger partial charge < -0.3 is 20.1 Å². The third-order valence-electron chi connectivity index (χ3n) is 4.18. The number of ether oxygens (including phenoxy) is 2. The standard InChI is InChI=1S/C18H29N3O2.HI/c1-4-19-18(21-15-10-6-5-7-11-15)20-13-14-9-8-12-16(22-2)17(14)23-3;/h8-9,12,15H,4-7,10-11,13H2,1-3H3,(H2,19,20,21);1H. The number of hydrogen-bond donors (Lipinski definition) is 2. The van der Waals surface area contributed by atoms with Crippen molar-refractivity contribution < 1.29 is 9.47 Å². The van der Waals surface area contributed by atoms with Gasteiger partial charge in [-0.1, -0.05) is 31.4 Å². The van der Waals surface area contributed by atoms with Gasteiger partial charge in [-0.05, 0) is 25.8 Å². The molecule has 1 aliphatic carbocycles. The number of nitrogens with one attached hydrogen (secondary N) is 2. The predicted octanol–water partition coefficient (Wildman–Crippen LogP) is 3.71. The molecule has 136 valence electrons. The SMILES string of the molecule is CCNC(=NCc1cccc(OC)c1OC)NC1CCCCC1.I. The number of benzene rings is 1. The van der Waals surface area contributed by atoms with E-state index in [1.54, 1.807) is 14.2 Å². The van der Waals surface area contributed by atoms with Crippen LogP contribution in [0.4, 0.5) is 0 Å². The Morgan fingerprint density at radius 2 is 1.92 bits per heavy atom. The van der Waals surface area contributed by atoms with Crippen LogP contribution in [0.3, 0.4) is 0 Å². The van der Waals surface area contributed by atoms with E-state index in [9.17, 15) is 0 Å². The van der Waals surface area contributed by atoms with Crippen molar-refractivity contribution in [1.82, 2.24) is 10.6 Å². The second kappa shape index (κ2) is 11.4. The summed E-state index contributed by atoms with van der Waals surface area (Å²) in [5.74, 6) is 2.38. The molecule has 1 aromatic carbocycles. The summed E-state index contributed by atoms with van der Waals surface area (Å²) < 4.78 is 10.8. The minimum atomic E-state index is 0. The zero-order valence-electron chi connectivity index (χ0n) is 14.9. The van der Waals surface area contributed by atoms with Crippen molar-refractivity contribution in [2.45, 2.75) is 51.6 Å². The summed E-state index contributed by atoms with van der Waals surface area (Å²) in [6.07, 6.45) is 6.42. The van der Waals surface area contributed by atoms with Gasteiger partial charge in [-0.25, -0.2) is 4.99 Å². The number of aliphatic imine (C=N–C) groups is 1. The van der Waals surface area contributed by atoms with E-state index in [-0.39, 0.29) is 24.0 Å². The Morgan fingerprint density at radius 3 is 2.54 bits per heavy atom. The van der Waals surface area contributed by atoms with Gasteiger partial charge in [-0.2, -0.15) is 0 Å². The average molecular weight is 447 g/mol. The Balaban J connectivity index is 0.00000288. The lowest BCUT2D eigenvalue weighted by Gasteiger charge is -2.25. The van der Waals surface area contributed by atoms with Gasteiger partial charge >= 0.3 is 0 Å². The maximum absolute atomic E-state index is 5.47. The summed E-state index contributed by atoms with van der Waals surface area (Å²) in [4.78, 5) is 4.72. The van der Waals surface area contributed by atoms with Crippen molar-refractivity contribution in [3.63, 3.8) is 0 Å². The van der Waals surface area contributed by atoms with Crippen molar-refractivity contribution in [3.8, 4) is 11.5 Å². The molecule has 24 heavy (non-hydrogen) atoms. The maximum atomic E-state index is 5.47. The largest absolute Gasteiger partial charge is 0.493 e. The Hall–Kier alpha value is -1.18. The van der Waals surface area contributed by atoms with Crippen LogP contribution in [0.15, 0.2) is 23.2 Å². The molecule has 6 heteroatoms. The van der Waals surface area contributed by atoms with Crippen molar-refractivity contribution in [2.75, 3.05) is 20.8 Å². The molecule has 0 aliphatic heterocycles. The Bertz CT molecular complexity index is 517. The fourth-order valence-corrected chi connectivity index (χ4v) is 3.00. The van der Waals surface area contributed by atoms with E-state index in [0.717, 1.165) is 29.6 Å². The van der Waals surface area contributed by atoms with Gasteiger partial charge in [0.15, 0.2) is 17.5 Å². The van der Waals surface area contributed by atoms with E-state index in [4.69, 9.17) is 14.5 Å². The van der Waals surface area contributed by atoms with Gasteiger partial charge in [0, 0.05) is 18.2 Å². The normalized spacial score (nSPS) is 15.4. The van der Waals surface area contributed by atoms with Crippen LogP contribution in [0, 0.1) is 0 Å². The van der Waals surface area contributed by atoms with Crippen molar-refractivity contribution >= 4 is 29.9 Å². The minimum Gasteiger partial charge on any atom is -0.493 e. The molecule has 0 bridgehead atoms. The van der Waals surface area contributed by atoms with Crippen LogP contribution >= 0.6 is 24.0 Å². The highest BCUT2D eigenvalue weighted by Gasteiger charge is 2.15. The zero-order valence-corrected chi connectivity index (χ0v) is 17.3. The second-order valence-corrected chi connectivity index (χ2v) is 5.83. The first kappa shape index (κ1) is 20.9. The number of rotatable bonds is 6. The fourth-order valence-electron chi connectivity index (χ4n) is 3.00. The van der Waals surface area contributed by atoms with Gasteiger partial charge in [0.25, 0.3) is 0 Å². The molecule has 1 saturated carbocycles. The van der Waals surface area contributed by atoms with Crippen LogP contribution in [-0.4, -0.2) is 32.8 Å². The molecule has 0 spiro atoms. The highest BCUT2D eigenvalue weighted by Crippen LogP contribution is 2.31. The lowest BCUT2D eigenvalue weighted by atomic mass is 9.96. The van der Waals surface area contributed by atoms with E-state index >= 15 is 0 Å². The number of nitrogens with zero attached hydrogens (tertiary/aromatic N) is 1. The highest BCUT2D eigenvalue weighted by atomic mass is 127. The summed E-state index contributed by atoms with van der Waals surface area (Å²) in [5, 5.41) is 6.89. The van der Waals surface area contributed by atoms with E-state index in [0.29, 0.717) is 12.6 Å². The summed E-state index contributed by atoms with van der Waals surface area (Å²) in [5.41, 5.74) is 1.02. The van der Waals surface area contributed by atoms with Crippen LogP contribution < -0.4 is 20.1 Å². The topological polar surface area (TPSA) is 54.9 Å². The molecule has 1 fully saturated rings. The van der Waals surface area contributed by atoms with Gasteiger partial charge in [0.2, 0.25) is 0 Å². The van der Waals surface area contributed by atoms with Crippen LogP contribution in [0.5, 0.6) is 11.5 Å². The fraction of sp³-hybridized carbons (Fsp3) is 0.611. The summed E-state index contributed by atoms with van der Waals surface area (Å²) in [7, 11) is 3.32. The number of halogens is 1. The molecular formula is C18H30IN3O2. The molecule has 0 unspecified atom stereocenters. The average Bonchev–Trinajstić information content (AvgIpc) is 2.60. The molecule has 0 radical (unpaired) electrons. The van der Waals surface area contributed by atoms with Crippen molar-refractivity contribution in [1.29, 1.82) is 0 Å². The number of guanidine groups is 1. The van der Waals surface area contributed by atoms with Crippen LogP contribution in [0.1, 0.15) is 44.6 Å². The third kappa shape index (κ3) is 6.03. The molecular weight excluding hydrogens is 417 g/mol. The van der Waals surface area contributed by atoms with Crippen molar-refractivity contribution in [2.24, 2.45) is 4.99 Å². The Kier molecular flexibility index (Phi) is 9.90. The van der Waals surface area contributed by atoms with Crippen LogP contribution in [0.25, 0.3) is 0 Å². The van der Waals surface area contributed by atoms with Crippen molar-refractivity contribution in [3.05, 3.63) is 23.8 Å². The Morgan fingerprint density at radius 1 is 1.17 bits per heavy atom. The monoisotopic (exact) mass is 447 g/mol. The zero-order chi connectivity index (χ0) is 16.5. The smallest absolute Gasteiger partial charge is 0.191 e. The minimum absolute atomic E-state index is 0. The molecule has 0 saturated heterocycles. The molecule has 0 aromatic heterocycles. The lowest BCUT2D eigenvalue weighted by Crippen LogP contribution is -2.44. The molecule has 2 rings (SSSR count). The number of para-hydroxylation sites is 1. The highest BCUT2D eigenvalue weighted by molar-refractivity contribution is 14.0. The first-order valence-electron chi connectivity index (χ1n) is 8.53. The van der Waals surface area contributed by atoms with Crippen LogP contribution in [-0.2, 0) is 6.54 Å². The van der Waals surface area contributed by atoms with Crippen LogP contribution in [0.2, 0.25) is 0 Å². The summed E-state index contributed by atoms with van der Waals surface area (Å²) >= 11 is 0. The number of hydrogen-bond acceptors (Lipinski definition) is 3. The van der Waals surface area contributed by atoms with E-state index in [2.05, 4.69) is 17.6 Å². The van der Waals surface area contributed by atoms with Gasteiger partial charge in [0.05, 0.1) is 20.8 Å². The summed E-state index contributed by atoms with van der Waals surface area (Å²) in [6.45, 7) is 3.50. The second-order valence-electron chi connectivity index (χ2n) is 5.83. The molecule has 1 aliphatic rings. The molecule has 5 nitrogen and oxygen atoms in total. The van der Waals surface area contributed by atoms with Gasteiger partial charge in [0.1, 0.15) is 0 Å². The summed E-state index contributed by atoms with van der Waals surface area (Å²) in [6, 6.07) is 6.43. The first-order chi connectivity index (χ1) is 11.3. The van der Waals surface area contributed by atoms with E-state index < -0.39 is 0 Å². The quantitative estimate of drug-likeness (QED) is 0.397. The molecule has 1 aromatic rings. The Labute approximate surface area is 162 Å². The lowest BCUT2D eigenvalue weighted by molar-refractivity contribution is 0.352. The van der Waals surface area contributed by atoms with Gasteiger partial charge in [-0.15, -0.1) is 24.0 Å².